The van der Waals surface area contributed by atoms with Gasteiger partial charge in [0.1, 0.15) is 0 Å². The van der Waals surface area contributed by atoms with Crippen LogP contribution in [0.25, 0.3) is 0 Å². The average molecular weight is 346 g/mol. The van der Waals surface area contributed by atoms with Gasteiger partial charge in [0.15, 0.2) is 0 Å². The fourth-order valence-electron chi connectivity index (χ4n) is 2.60. The van der Waals surface area contributed by atoms with Gasteiger partial charge in [-0.1, -0.05) is 65.3 Å². The zero-order valence-corrected chi connectivity index (χ0v) is 14.5. The lowest BCUT2D eigenvalue weighted by Gasteiger charge is -2.20. The Morgan fingerprint density at radius 3 is 2.24 bits per heavy atom. The lowest BCUT2D eigenvalue weighted by Crippen LogP contribution is -2.34. The quantitative estimate of drug-likeness (QED) is 0.751. The van der Waals surface area contributed by atoms with E-state index in [-0.39, 0.29) is 0 Å². The Hall–Kier alpha value is -1.12. The molecule has 0 bridgehead atoms. The molecule has 1 unspecified atom stereocenters. The molecule has 0 aliphatic carbocycles. The summed E-state index contributed by atoms with van der Waals surface area (Å²) in [5.41, 5.74) is 4.20. The number of benzene rings is 2. The summed E-state index contributed by atoms with van der Waals surface area (Å²) >= 11 is 3.67. The number of aryl methyl sites for hydroxylation is 1. The van der Waals surface area contributed by atoms with E-state index in [1.807, 2.05) is 0 Å². The molecule has 112 valence electrons. The molecule has 1 N–H and O–H groups in total. The zero-order valence-electron chi connectivity index (χ0n) is 12.9. The number of nitrogens with one attached hydrogen (secondary N) is 1. The predicted molar refractivity (Wildman–Crippen MR) is 94.8 cm³/mol. The number of halogens is 1. The summed E-state index contributed by atoms with van der Waals surface area (Å²) in [6.07, 6.45) is 3.30. The summed E-state index contributed by atoms with van der Waals surface area (Å²) in [5.74, 6) is 0. The van der Waals surface area contributed by atoms with E-state index in [1.165, 1.54) is 27.6 Å². The Bertz CT molecular complexity index is 517. The molecular weight excluding hydrogens is 322 g/mol. The molecule has 0 spiro atoms. The highest BCUT2D eigenvalue weighted by Gasteiger charge is 2.12. The minimum Gasteiger partial charge on any atom is -0.313 e. The molecule has 0 amide bonds. The van der Waals surface area contributed by atoms with Gasteiger partial charge in [0.05, 0.1) is 0 Å². The second kappa shape index (κ2) is 8.35. The maximum Gasteiger partial charge on any atom is 0.0207 e. The summed E-state index contributed by atoms with van der Waals surface area (Å²) in [6.45, 7) is 5.49. The average Bonchev–Trinajstić information content (AvgIpc) is 2.49. The van der Waals surface area contributed by atoms with Crippen LogP contribution in [0.15, 0.2) is 53.0 Å². The van der Waals surface area contributed by atoms with Crippen LogP contribution in [0.1, 0.15) is 30.0 Å². The molecule has 0 heterocycles. The van der Waals surface area contributed by atoms with Crippen LogP contribution in [0, 0.1) is 6.92 Å². The van der Waals surface area contributed by atoms with E-state index in [0.29, 0.717) is 6.04 Å². The highest BCUT2D eigenvalue weighted by molar-refractivity contribution is 9.10. The molecule has 2 aromatic rings. The summed E-state index contributed by atoms with van der Waals surface area (Å²) < 4.78 is 1.21. The van der Waals surface area contributed by atoms with E-state index in [2.05, 4.69) is 83.6 Å². The molecule has 0 aliphatic rings. The predicted octanol–water partition coefficient (Wildman–Crippen LogP) is 4.91. The van der Waals surface area contributed by atoms with Crippen LogP contribution in [0.3, 0.4) is 0 Å². The zero-order chi connectivity index (χ0) is 15.1. The highest BCUT2D eigenvalue weighted by Crippen LogP contribution is 2.19. The maximum atomic E-state index is 3.70. The Kier molecular flexibility index (Phi) is 6.47. The van der Waals surface area contributed by atoms with Crippen molar-refractivity contribution in [2.75, 3.05) is 6.54 Å². The minimum atomic E-state index is 0.477. The molecule has 1 nitrogen and oxygen atoms in total. The first-order valence-corrected chi connectivity index (χ1v) is 8.51. The van der Waals surface area contributed by atoms with E-state index in [1.54, 1.807) is 0 Å². The number of rotatable bonds is 7. The van der Waals surface area contributed by atoms with Crippen LogP contribution in [0.5, 0.6) is 0 Å². The SMILES string of the molecule is CCCNC(Cc1ccccc1C)Cc1ccccc1Br. The Balaban J connectivity index is 2.11. The molecule has 21 heavy (non-hydrogen) atoms. The standard InChI is InChI=1S/C19H24BrN/c1-3-12-21-18(13-16-9-5-4-8-15(16)2)14-17-10-6-7-11-19(17)20/h4-11,18,21H,3,12-14H2,1-2H3. The Morgan fingerprint density at radius 1 is 0.952 bits per heavy atom. The molecule has 1 atom stereocenters. The third-order valence-corrected chi connectivity index (χ3v) is 4.61. The van der Waals surface area contributed by atoms with E-state index in [9.17, 15) is 0 Å². The maximum absolute atomic E-state index is 3.70. The van der Waals surface area contributed by atoms with Crippen molar-refractivity contribution < 1.29 is 0 Å². The third-order valence-electron chi connectivity index (χ3n) is 3.83. The van der Waals surface area contributed by atoms with Crippen molar-refractivity contribution in [1.29, 1.82) is 0 Å². The van der Waals surface area contributed by atoms with Gasteiger partial charge in [0.25, 0.3) is 0 Å². The summed E-state index contributed by atoms with van der Waals surface area (Å²) in [4.78, 5) is 0. The molecule has 2 rings (SSSR count). The van der Waals surface area contributed by atoms with Crippen LogP contribution in [0.4, 0.5) is 0 Å². The molecule has 2 heteroatoms. The van der Waals surface area contributed by atoms with E-state index in [0.717, 1.165) is 19.4 Å². The molecule has 0 saturated carbocycles. The molecule has 0 radical (unpaired) electrons. The van der Waals surface area contributed by atoms with Crippen LogP contribution in [0.2, 0.25) is 0 Å². The van der Waals surface area contributed by atoms with Crippen LogP contribution in [-0.2, 0) is 12.8 Å². The van der Waals surface area contributed by atoms with Crippen molar-refractivity contribution in [2.24, 2.45) is 0 Å². The van der Waals surface area contributed by atoms with Crippen LogP contribution < -0.4 is 5.32 Å². The molecular formula is C19H24BrN. The Labute approximate surface area is 136 Å². The molecule has 0 aromatic heterocycles. The summed E-state index contributed by atoms with van der Waals surface area (Å²) in [7, 11) is 0. The van der Waals surface area contributed by atoms with Crippen molar-refractivity contribution in [3.8, 4) is 0 Å². The third kappa shape index (κ3) is 4.98. The van der Waals surface area contributed by atoms with E-state index in [4.69, 9.17) is 0 Å². The fourth-order valence-corrected chi connectivity index (χ4v) is 3.05. The van der Waals surface area contributed by atoms with Crippen molar-refractivity contribution >= 4 is 15.9 Å². The first-order chi connectivity index (χ1) is 10.2. The van der Waals surface area contributed by atoms with Gasteiger partial charge < -0.3 is 5.32 Å². The van der Waals surface area contributed by atoms with E-state index >= 15 is 0 Å². The monoisotopic (exact) mass is 345 g/mol. The lowest BCUT2D eigenvalue weighted by atomic mass is 9.96. The van der Waals surface area contributed by atoms with Crippen molar-refractivity contribution in [1.82, 2.24) is 5.32 Å². The van der Waals surface area contributed by atoms with Gasteiger partial charge in [0, 0.05) is 10.5 Å². The van der Waals surface area contributed by atoms with Gasteiger partial charge in [0.2, 0.25) is 0 Å². The van der Waals surface area contributed by atoms with Gasteiger partial charge in [-0.2, -0.15) is 0 Å². The normalized spacial score (nSPS) is 12.3. The Morgan fingerprint density at radius 2 is 1.57 bits per heavy atom. The van der Waals surface area contributed by atoms with Gasteiger partial charge in [-0.15, -0.1) is 0 Å². The van der Waals surface area contributed by atoms with Gasteiger partial charge in [-0.3, -0.25) is 0 Å². The van der Waals surface area contributed by atoms with Gasteiger partial charge >= 0.3 is 0 Å². The van der Waals surface area contributed by atoms with Crippen molar-refractivity contribution in [2.45, 2.75) is 39.2 Å². The molecule has 0 saturated heterocycles. The topological polar surface area (TPSA) is 12.0 Å². The lowest BCUT2D eigenvalue weighted by molar-refractivity contribution is 0.503. The summed E-state index contributed by atoms with van der Waals surface area (Å²) in [5, 5.41) is 3.70. The van der Waals surface area contributed by atoms with Crippen molar-refractivity contribution in [3.63, 3.8) is 0 Å². The first-order valence-electron chi connectivity index (χ1n) is 7.72. The first kappa shape index (κ1) is 16.3. The highest BCUT2D eigenvalue weighted by atomic mass is 79.9. The summed E-state index contributed by atoms with van der Waals surface area (Å²) in [6, 6.07) is 17.7. The van der Waals surface area contributed by atoms with Gasteiger partial charge in [-0.05, 0) is 55.5 Å². The molecule has 0 fully saturated rings. The number of hydrogen-bond donors (Lipinski definition) is 1. The van der Waals surface area contributed by atoms with Crippen molar-refractivity contribution in [3.05, 3.63) is 69.7 Å². The van der Waals surface area contributed by atoms with Crippen LogP contribution in [-0.4, -0.2) is 12.6 Å². The van der Waals surface area contributed by atoms with Crippen LogP contribution >= 0.6 is 15.9 Å². The molecule has 2 aromatic carbocycles. The smallest absolute Gasteiger partial charge is 0.0207 e. The van der Waals surface area contributed by atoms with Gasteiger partial charge in [-0.25, -0.2) is 0 Å². The molecule has 0 aliphatic heterocycles. The second-order valence-corrected chi connectivity index (χ2v) is 6.43. The minimum absolute atomic E-state index is 0.477. The second-order valence-electron chi connectivity index (χ2n) is 5.58. The fraction of sp³-hybridized carbons (Fsp3) is 0.368. The van der Waals surface area contributed by atoms with E-state index < -0.39 is 0 Å². The number of hydrogen-bond acceptors (Lipinski definition) is 1. The largest absolute Gasteiger partial charge is 0.313 e.